The minimum Gasteiger partial charge on any atom is -0.487 e. The summed E-state index contributed by atoms with van der Waals surface area (Å²) in [5.74, 6) is 0.778. The molecule has 1 aromatic rings. The van der Waals surface area contributed by atoms with Crippen molar-refractivity contribution in [2.75, 3.05) is 0 Å². The van der Waals surface area contributed by atoms with E-state index in [1.807, 2.05) is 39.8 Å². The molecule has 1 aliphatic heterocycles. The molecule has 0 saturated heterocycles. The van der Waals surface area contributed by atoms with E-state index < -0.39 is 6.10 Å². The summed E-state index contributed by atoms with van der Waals surface area (Å²) in [6, 6.07) is 3.86. The molecular weight excluding hydrogens is 266 g/mol. The Morgan fingerprint density at radius 3 is 2.76 bits per heavy atom. The molecule has 4 nitrogen and oxygen atoms in total. The third kappa shape index (κ3) is 3.38. The van der Waals surface area contributed by atoms with E-state index in [-0.39, 0.29) is 17.6 Å². The van der Waals surface area contributed by atoms with Crippen LogP contribution in [0.5, 0.6) is 5.75 Å². The van der Waals surface area contributed by atoms with Crippen LogP contribution < -0.4 is 10.1 Å². The fraction of sp³-hybridized carbons (Fsp3) is 0.588. The van der Waals surface area contributed by atoms with Crippen LogP contribution in [0, 0.1) is 6.92 Å². The fourth-order valence-corrected chi connectivity index (χ4v) is 2.95. The Morgan fingerprint density at radius 1 is 1.52 bits per heavy atom. The molecule has 0 aliphatic carbocycles. The van der Waals surface area contributed by atoms with Gasteiger partial charge in [-0.3, -0.25) is 4.79 Å². The predicted octanol–water partition coefficient (Wildman–Crippen LogP) is 3.18. The van der Waals surface area contributed by atoms with Crippen LogP contribution in [0.1, 0.15) is 69.4 Å². The highest BCUT2D eigenvalue weighted by atomic mass is 16.5. The topological polar surface area (TPSA) is 58.6 Å². The molecule has 0 spiro atoms. The van der Waals surface area contributed by atoms with E-state index in [9.17, 15) is 9.90 Å². The minimum atomic E-state index is -0.484. The van der Waals surface area contributed by atoms with Gasteiger partial charge in [0.25, 0.3) is 0 Å². The first-order chi connectivity index (χ1) is 9.73. The van der Waals surface area contributed by atoms with Gasteiger partial charge in [0.1, 0.15) is 11.4 Å². The number of carbonyl (C=O) groups excluding carboxylic acids is 1. The van der Waals surface area contributed by atoms with Crippen molar-refractivity contribution in [3.63, 3.8) is 0 Å². The largest absolute Gasteiger partial charge is 0.487 e. The number of rotatable bonds is 3. The third-order valence-corrected chi connectivity index (χ3v) is 3.92. The van der Waals surface area contributed by atoms with Gasteiger partial charge in [-0.1, -0.05) is 6.92 Å². The van der Waals surface area contributed by atoms with Gasteiger partial charge in [0.05, 0.1) is 12.1 Å². The van der Waals surface area contributed by atoms with Gasteiger partial charge < -0.3 is 15.2 Å². The summed E-state index contributed by atoms with van der Waals surface area (Å²) >= 11 is 0. The minimum absolute atomic E-state index is 0.0530. The lowest BCUT2D eigenvalue weighted by atomic mass is 9.86. The molecule has 116 valence electrons. The Balaban J connectivity index is 2.51. The second-order valence-electron chi connectivity index (χ2n) is 6.50. The quantitative estimate of drug-likeness (QED) is 0.899. The lowest BCUT2D eigenvalue weighted by molar-refractivity contribution is -0.120. The molecular formula is C17H25NO3. The van der Waals surface area contributed by atoms with Crippen molar-refractivity contribution in [2.24, 2.45) is 0 Å². The summed E-state index contributed by atoms with van der Waals surface area (Å²) in [5, 5.41) is 13.1. The summed E-state index contributed by atoms with van der Waals surface area (Å²) in [4.78, 5) is 11.5. The van der Waals surface area contributed by atoms with Crippen LogP contribution in [0.3, 0.4) is 0 Å². The molecule has 1 aromatic carbocycles. The Labute approximate surface area is 126 Å². The molecule has 1 aliphatic rings. The maximum absolute atomic E-state index is 11.5. The Hall–Kier alpha value is -1.55. The Morgan fingerprint density at radius 2 is 2.19 bits per heavy atom. The standard InChI is InChI=1S/C17H25NO3/c1-6-15(20)12-7-10(2)16-13(8-12)14(18-11(3)19)9-17(4,5)21-16/h7-8,14-15,20H,6,9H2,1-5H3,(H,18,19). The zero-order valence-corrected chi connectivity index (χ0v) is 13.5. The van der Waals surface area contributed by atoms with Crippen LogP contribution in [-0.2, 0) is 4.79 Å². The number of nitrogens with one attached hydrogen (secondary N) is 1. The molecule has 0 saturated carbocycles. The van der Waals surface area contributed by atoms with Crippen molar-refractivity contribution in [2.45, 2.75) is 65.2 Å². The third-order valence-electron chi connectivity index (χ3n) is 3.92. The number of aliphatic hydroxyl groups excluding tert-OH is 1. The van der Waals surface area contributed by atoms with Crippen LogP contribution >= 0.6 is 0 Å². The Kier molecular flexibility index (Phi) is 4.28. The van der Waals surface area contributed by atoms with Gasteiger partial charge in [0.15, 0.2) is 0 Å². The first-order valence-electron chi connectivity index (χ1n) is 7.52. The van der Waals surface area contributed by atoms with Gasteiger partial charge >= 0.3 is 0 Å². The molecule has 0 aromatic heterocycles. The lowest BCUT2D eigenvalue weighted by Gasteiger charge is -2.39. The van der Waals surface area contributed by atoms with Crippen LogP contribution in [-0.4, -0.2) is 16.6 Å². The highest BCUT2D eigenvalue weighted by molar-refractivity contribution is 5.73. The summed E-state index contributed by atoms with van der Waals surface area (Å²) < 4.78 is 6.10. The highest BCUT2D eigenvalue weighted by Gasteiger charge is 2.35. The zero-order valence-electron chi connectivity index (χ0n) is 13.5. The molecule has 2 atom stereocenters. The number of carbonyl (C=O) groups is 1. The first-order valence-corrected chi connectivity index (χ1v) is 7.52. The Bertz CT molecular complexity index is 551. The fourth-order valence-electron chi connectivity index (χ4n) is 2.95. The average molecular weight is 291 g/mol. The SMILES string of the molecule is CCC(O)c1cc(C)c2c(c1)C(NC(C)=O)CC(C)(C)O2. The van der Waals surface area contributed by atoms with E-state index >= 15 is 0 Å². The van der Waals surface area contributed by atoms with E-state index in [0.29, 0.717) is 12.8 Å². The average Bonchev–Trinajstić information content (AvgIpc) is 2.37. The molecule has 0 radical (unpaired) electrons. The number of amides is 1. The monoisotopic (exact) mass is 291 g/mol. The molecule has 2 rings (SSSR count). The van der Waals surface area contributed by atoms with Crippen LogP contribution in [0.2, 0.25) is 0 Å². The van der Waals surface area contributed by atoms with Gasteiger partial charge in [-0.2, -0.15) is 0 Å². The van der Waals surface area contributed by atoms with Crippen molar-refractivity contribution < 1.29 is 14.6 Å². The molecule has 0 bridgehead atoms. The van der Waals surface area contributed by atoms with E-state index in [1.54, 1.807) is 0 Å². The van der Waals surface area contributed by atoms with E-state index in [4.69, 9.17) is 4.74 Å². The molecule has 4 heteroatoms. The number of aliphatic hydroxyl groups is 1. The second kappa shape index (κ2) is 5.68. The zero-order chi connectivity index (χ0) is 15.8. The molecule has 1 amide bonds. The summed E-state index contributed by atoms with van der Waals surface area (Å²) in [5.41, 5.74) is 2.52. The van der Waals surface area contributed by atoms with E-state index in [0.717, 1.165) is 22.4 Å². The number of hydrogen-bond acceptors (Lipinski definition) is 3. The van der Waals surface area contributed by atoms with Gasteiger partial charge in [-0.05, 0) is 50.5 Å². The molecule has 2 unspecified atom stereocenters. The van der Waals surface area contributed by atoms with Crippen molar-refractivity contribution in [1.82, 2.24) is 5.32 Å². The van der Waals surface area contributed by atoms with Crippen LogP contribution in [0.25, 0.3) is 0 Å². The number of ether oxygens (including phenoxy) is 1. The van der Waals surface area contributed by atoms with Crippen LogP contribution in [0.15, 0.2) is 12.1 Å². The van der Waals surface area contributed by atoms with Crippen LogP contribution in [0.4, 0.5) is 0 Å². The molecule has 1 heterocycles. The van der Waals surface area contributed by atoms with Gasteiger partial charge in [0.2, 0.25) is 5.91 Å². The summed E-state index contributed by atoms with van der Waals surface area (Å²) in [7, 11) is 0. The van der Waals surface area contributed by atoms with Gasteiger partial charge in [0, 0.05) is 18.9 Å². The van der Waals surface area contributed by atoms with E-state index in [2.05, 4.69) is 5.32 Å². The van der Waals surface area contributed by atoms with Crippen molar-refractivity contribution in [3.05, 3.63) is 28.8 Å². The second-order valence-corrected chi connectivity index (χ2v) is 6.50. The maximum atomic E-state index is 11.5. The molecule has 0 fully saturated rings. The highest BCUT2D eigenvalue weighted by Crippen LogP contribution is 2.42. The smallest absolute Gasteiger partial charge is 0.217 e. The normalized spacial score (nSPS) is 21.1. The summed E-state index contributed by atoms with van der Waals surface area (Å²) in [6.07, 6.45) is 0.891. The van der Waals surface area contributed by atoms with Gasteiger partial charge in [-0.25, -0.2) is 0 Å². The van der Waals surface area contributed by atoms with Crippen molar-refractivity contribution in [1.29, 1.82) is 0 Å². The lowest BCUT2D eigenvalue weighted by Crippen LogP contribution is -2.41. The van der Waals surface area contributed by atoms with E-state index in [1.165, 1.54) is 6.92 Å². The maximum Gasteiger partial charge on any atom is 0.217 e. The number of benzene rings is 1. The first kappa shape index (κ1) is 15.8. The predicted molar refractivity (Wildman–Crippen MR) is 82.3 cm³/mol. The number of aryl methyl sites for hydroxylation is 1. The summed E-state index contributed by atoms with van der Waals surface area (Å²) in [6.45, 7) is 9.51. The van der Waals surface area contributed by atoms with Crippen molar-refractivity contribution in [3.8, 4) is 5.75 Å². The number of fused-ring (bicyclic) bond motifs is 1. The number of hydrogen-bond donors (Lipinski definition) is 2. The van der Waals surface area contributed by atoms with Gasteiger partial charge in [-0.15, -0.1) is 0 Å². The molecule has 2 N–H and O–H groups in total. The molecule has 21 heavy (non-hydrogen) atoms. The van der Waals surface area contributed by atoms with Crippen molar-refractivity contribution >= 4 is 5.91 Å².